The Hall–Kier alpha value is -1.36. The fourth-order valence-corrected chi connectivity index (χ4v) is 3.58. The first-order chi connectivity index (χ1) is 9.29. The second kappa shape index (κ2) is 5.33. The predicted molar refractivity (Wildman–Crippen MR) is 74.3 cm³/mol. The number of ether oxygens (including phenoxy) is 1. The van der Waals surface area contributed by atoms with Gasteiger partial charge in [0.15, 0.2) is 5.82 Å². The van der Waals surface area contributed by atoms with Crippen LogP contribution in [0, 0.1) is 11.3 Å². The molecule has 19 heavy (non-hydrogen) atoms. The second-order valence-corrected chi connectivity index (χ2v) is 5.65. The van der Waals surface area contributed by atoms with Gasteiger partial charge in [-0.1, -0.05) is 0 Å². The van der Waals surface area contributed by atoms with E-state index in [9.17, 15) is 0 Å². The van der Waals surface area contributed by atoms with Crippen LogP contribution in [0.3, 0.4) is 0 Å². The first-order valence-electron chi connectivity index (χ1n) is 6.51. The van der Waals surface area contributed by atoms with Crippen molar-refractivity contribution < 1.29 is 4.74 Å². The summed E-state index contributed by atoms with van der Waals surface area (Å²) in [5.41, 5.74) is 6.25. The number of hydrogen-bond acceptors (Lipinski definition) is 7. The molecule has 0 bridgehead atoms. The zero-order chi connectivity index (χ0) is 13.2. The van der Waals surface area contributed by atoms with Gasteiger partial charge in [0.2, 0.25) is 0 Å². The van der Waals surface area contributed by atoms with E-state index in [-0.39, 0.29) is 0 Å². The molecule has 2 N–H and O–H groups in total. The van der Waals surface area contributed by atoms with E-state index in [1.165, 1.54) is 11.5 Å². The number of anilines is 2. The van der Waals surface area contributed by atoms with Gasteiger partial charge in [0.1, 0.15) is 16.6 Å². The Morgan fingerprint density at radius 3 is 2.89 bits per heavy atom. The highest BCUT2D eigenvalue weighted by Gasteiger charge is 2.31. The van der Waals surface area contributed by atoms with Gasteiger partial charge in [-0.15, -0.1) is 0 Å². The van der Waals surface area contributed by atoms with Crippen molar-refractivity contribution in [3.05, 3.63) is 5.56 Å². The lowest BCUT2D eigenvalue weighted by molar-refractivity contribution is 0.0209. The van der Waals surface area contributed by atoms with Crippen LogP contribution < -0.4 is 10.6 Å². The summed E-state index contributed by atoms with van der Waals surface area (Å²) in [7, 11) is 0. The van der Waals surface area contributed by atoms with Crippen LogP contribution in [-0.2, 0) is 4.74 Å². The Labute approximate surface area is 116 Å². The summed E-state index contributed by atoms with van der Waals surface area (Å²) in [6, 6.07) is 2.72. The molecule has 102 valence electrons. The van der Waals surface area contributed by atoms with E-state index < -0.39 is 0 Å². The number of nitrogen functional groups attached to an aromatic ring is 1. The minimum atomic E-state index is 0.359. The number of nitriles is 1. The largest absolute Gasteiger partial charge is 0.382 e. The van der Waals surface area contributed by atoms with E-state index in [1.54, 1.807) is 0 Å². The molecule has 2 aliphatic heterocycles. The van der Waals surface area contributed by atoms with E-state index in [1.807, 2.05) is 0 Å². The molecule has 1 atom stereocenters. The second-order valence-electron chi connectivity index (χ2n) is 4.90. The highest BCUT2D eigenvalue weighted by Crippen LogP contribution is 2.33. The van der Waals surface area contributed by atoms with Crippen molar-refractivity contribution in [2.24, 2.45) is 0 Å². The zero-order valence-corrected chi connectivity index (χ0v) is 11.5. The Kier molecular flexibility index (Phi) is 3.55. The predicted octanol–water partition coefficient (Wildman–Crippen LogP) is 0.508. The first-order valence-corrected chi connectivity index (χ1v) is 7.29. The van der Waals surface area contributed by atoms with Crippen molar-refractivity contribution in [2.45, 2.75) is 12.5 Å². The zero-order valence-electron chi connectivity index (χ0n) is 10.7. The molecule has 3 rings (SSSR count). The number of rotatable bonds is 2. The third kappa shape index (κ3) is 2.39. The summed E-state index contributed by atoms with van der Waals surface area (Å²) in [6.07, 6.45) is 1.13. The Bertz CT molecular complexity index is 491. The van der Waals surface area contributed by atoms with E-state index in [4.69, 9.17) is 15.7 Å². The van der Waals surface area contributed by atoms with Crippen molar-refractivity contribution >= 4 is 22.4 Å². The van der Waals surface area contributed by atoms with Gasteiger partial charge in [-0.3, -0.25) is 4.90 Å². The van der Waals surface area contributed by atoms with Crippen LogP contribution in [0.25, 0.3) is 0 Å². The molecule has 0 aromatic carbocycles. The molecular weight excluding hydrogens is 262 g/mol. The average molecular weight is 279 g/mol. The summed E-state index contributed by atoms with van der Waals surface area (Å²) in [4.78, 5) is 4.73. The molecule has 6 nitrogen and oxygen atoms in total. The van der Waals surface area contributed by atoms with Crippen LogP contribution in [0.4, 0.5) is 10.8 Å². The molecule has 1 aromatic rings. The lowest BCUT2D eigenvalue weighted by Crippen LogP contribution is -2.44. The molecule has 2 saturated heterocycles. The van der Waals surface area contributed by atoms with Crippen molar-refractivity contribution in [2.75, 3.05) is 50.0 Å². The van der Waals surface area contributed by atoms with E-state index >= 15 is 0 Å². The monoisotopic (exact) mass is 279 g/mol. The van der Waals surface area contributed by atoms with E-state index in [0.29, 0.717) is 17.4 Å². The van der Waals surface area contributed by atoms with Gasteiger partial charge in [0, 0.05) is 32.2 Å². The van der Waals surface area contributed by atoms with Gasteiger partial charge in [-0.2, -0.15) is 9.64 Å². The average Bonchev–Trinajstić information content (AvgIpc) is 3.06. The van der Waals surface area contributed by atoms with Gasteiger partial charge in [-0.05, 0) is 18.0 Å². The van der Waals surface area contributed by atoms with Crippen LogP contribution in [0.15, 0.2) is 0 Å². The van der Waals surface area contributed by atoms with Crippen molar-refractivity contribution in [3.8, 4) is 6.07 Å². The minimum absolute atomic E-state index is 0.359. The van der Waals surface area contributed by atoms with Crippen LogP contribution in [-0.4, -0.2) is 54.7 Å². The maximum Gasteiger partial charge on any atom is 0.157 e. The highest BCUT2D eigenvalue weighted by atomic mass is 32.1. The minimum Gasteiger partial charge on any atom is -0.382 e. The summed E-state index contributed by atoms with van der Waals surface area (Å²) in [6.45, 7) is 5.60. The van der Waals surface area contributed by atoms with Gasteiger partial charge in [-0.25, -0.2) is 0 Å². The Morgan fingerprint density at radius 2 is 2.16 bits per heavy atom. The van der Waals surface area contributed by atoms with E-state index in [0.717, 1.165) is 50.8 Å². The van der Waals surface area contributed by atoms with Gasteiger partial charge >= 0.3 is 0 Å². The van der Waals surface area contributed by atoms with Gasteiger partial charge in [0.05, 0.1) is 13.2 Å². The molecule has 2 fully saturated rings. The topological polar surface area (TPSA) is 78.4 Å². The molecular formula is C12H17N5OS. The molecule has 2 aliphatic rings. The lowest BCUT2D eigenvalue weighted by atomic mass is 10.2. The molecule has 3 heterocycles. The van der Waals surface area contributed by atoms with Crippen LogP contribution in [0.2, 0.25) is 0 Å². The standard InChI is InChI=1S/C12H17N5OS/c13-7-10-11(14)15-19-12(10)17-2-1-9(8-17)16-3-5-18-6-4-16/h9H,1-6,8H2,(H2,14,15). The number of morpholine rings is 1. The maximum absolute atomic E-state index is 9.15. The summed E-state index contributed by atoms with van der Waals surface area (Å²) in [5.74, 6) is 0.359. The number of aromatic nitrogens is 1. The number of hydrogen-bond donors (Lipinski definition) is 1. The molecule has 1 unspecified atom stereocenters. The SMILES string of the molecule is N#Cc1c(N)nsc1N1CCC(N2CCOCC2)C1. The Morgan fingerprint density at radius 1 is 1.37 bits per heavy atom. The first kappa shape index (κ1) is 12.7. The summed E-state index contributed by atoms with van der Waals surface area (Å²) < 4.78 is 9.48. The van der Waals surface area contributed by atoms with Crippen LogP contribution in [0.1, 0.15) is 12.0 Å². The van der Waals surface area contributed by atoms with Crippen molar-refractivity contribution in [3.63, 3.8) is 0 Å². The van der Waals surface area contributed by atoms with Crippen molar-refractivity contribution in [1.82, 2.24) is 9.27 Å². The smallest absolute Gasteiger partial charge is 0.157 e. The number of nitrogens with two attached hydrogens (primary N) is 1. The highest BCUT2D eigenvalue weighted by molar-refractivity contribution is 7.10. The molecule has 0 radical (unpaired) electrons. The van der Waals surface area contributed by atoms with E-state index in [2.05, 4.69) is 20.2 Å². The third-order valence-corrected chi connectivity index (χ3v) is 4.75. The Balaban J connectivity index is 1.70. The molecule has 7 heteroatoms. The van der Waals surface area contributed by atoms with Crippen LogP contribution >= 0.6 is 11.5 Å². The van der Waals surface area contributed by atoms with Crippen LogP contribution in [0.5, 0.6) is 0 Å². The lowest BCUT2D eigenvalue weighted by Gasteiger charge is -2.32. The summed E-state index contributed by atoms with van der Waals surface area (Å²) in [5, 5.41) is 10.1. The maximum atomic E-state index is 9.15. The van der Waals surface area contributed by atoms with Gasteiger partial charge in [0.25, 0.3) is 0 Å². The molecule has 0 saturated carbocycles. The fraction of sp³-hybridized carbons (Fsp3) is 0.667. The third-order valence-electron chi connectivity index (χ3n) is 3.82. The van der Waals surface area contributed by atoms with Crippen molar-refractivity contribution in [1.29, 1.82) is 5.26 Å². The molecule has 1 aromatic heterocycles. The quantitative estimate of drug-likeness (QED) is 0.849. The fourth-order valence-electron chi connectivity index (χ4n) is 2.78. The summed E-state index contributed by atoms with van der Waals surface area (Å²) >= 11 is 1.33. The molecule has 0 aliphatic carbocycles. The molecule has 0 amide bonds. The molecule has 0 spiro atoms. The number of nitrogens with zero attached hydrogens (tertiary/aromatic N) is 4. The van der Waals surface area contributed by atoms with Gasteiger partial charge < -0.3 is 15.4 Å². The normalized spacial score (nSPS) is 24.6.